The quantitative estimate of drug-likeness (QED) is 0.423. The van der Waals surface area contributed by atoms with Crippen molar-refractivity contribution in [3.05, 3.63) is 0 Å². The molecular weight excluding hydrogens is 186 g/mol. The van der Waals surface area contributed by atoms with E-state index in [4.69, 9.17) is 9.79 Å². The monoisotopic (exact) mass is 202 g/mol. The largest absolute Gasteiger partial charge is 1.00 e. The van der Waals surface area contributed by atoms with Crippen LogP contribution in [-0.4, -0.2) is 21.2 Å². The Morgan fingerprint density at radius 3 is 2.33 bits per heavy atom. The Morgan fingerprint density at radius 2 is 2.08 bits per heavy atom. The van der Waals surface area contributed by atoms with E-state index in [0.29, 0.717) is 6.42 Å². The number of unbranched alkanes of at least 4 members (excludes halogenated alkanes) is 1. The summed E-state index contributed by atoms with van der Waals surface area (Å²) in [6, 6.07) is 0. The average molecular weight is 202 g/mol. The first-order valence-electron chi connectivity index (χ1n) is 3.77. The van der Waals surface area contributed by atoms with E-state index >= 15 is 0 Å². The first-order chi connectivity index (χ1) is 5.09. The van der Waals surface area contributed by atoms with E-state index in [1.54, 1.807) is 0 Å². The zero-order valence-corrected chi connectivity index (χ0v) is 10.8. The van der Waals surface area contributed by atoms with Gasteiger partial charge in [-0.2, -0.15) is 0 Å². The number of carbonyl (C=O) groups is 1. The molecule has 0 aromatic heterocycles. The van der Waals surface area contributed by atoms with Crippen LogP contribution < -0.4 is 29.6 Å². The molecule has 0 aliphatic carbocycles. The standard InChI is InChI=1S/C7H15O3P.Na.H/c1-3-4-5-7(6(2)8)11(9)10;;/h7,9-10H,3-5H2,1-2H3;;/q;+1;-1. The molecule has 0 radical (unpaired) electrons. The molecule has 5 heteroatoms. The number of hydrogen-bond donors (Lipinski definition) is 2. The van der Waals surface area contributed by atoms with Gasteiger partial charge in [-0.3, -0.25) is 4.79 Å². The normalized spacial score (nSPS) is 12.4. The Kier molecular flexibility index (Phi) is 11.1. The smallest absolute Gasteiger partial charge is 1.00 e. The summed E-state index contributed by atoms with van der Waals surface area (Å²) in [5.74, 6) is -0.116. The van der Waals surface area contributed by atoms with Gasteiger partial charge in [0.15, 0.2) is 8.38 Å². The van der Waals surface area contributed by atoms with Crippen LogP contribution in [0.4, 0.5) is 0 Å². The van der Waals surface area contributed by atoms with E-state index in [1.807, 2.05) is 6.92 Å². The molecule has 0 fully saturated rings. The zero-order valence-electron chi connectivity index (χ0n) is 8.95. The number of Topliss-reactive ketones (excluding diaryl/α,β-unsaturated/α-hetero) is 1. The molecule has 1 atom stereocenters. The fraction of sp³-hybridized carbons (Fsp3) is 0.857. The third-order valence-electron chi connectivity index (χ3n) is 1.58. The predicted octanol–water partition coefficient (Wildman–Crippen LogP) is -1.45. The van der Waals surface area contributed by atoms with Crippen molar-refractivity contribution in [3.63, 3.8) is 0 Å². The van der Waals surface area contributed by atoms with E-state index in [-0.39, 0.29) is 36.8 Å². The Balaban J connectivity index is -0.000000500. The van der Waals surface area contributed by atoms with Crippen LogP contribution in [-0.2, 0) is 4.79 Å². The second-order valence-electron chi connectivity index (χ2n) is 2.59. The van der Waals surface area contributed by atoms with Crippen molar-refractivity contribution in [1.29, 1.82) is 0 Å². The van der Waals surface area contributed by atoms with Crippen molar-refractivity contribution in [3.8, 4) is 0 Å². The molecule has 0 aliphatic heterocycles. The van der Waals surface area contributed by atoms with Crippen molar-refractivity contribution < 1.29 is 45.6 Å². The summed E-state index contributed by atoms with van der Waals surface area (Å²) in [7, 11) is -2.06. The molecule has 3 nitrogen and oxygen atoms in total. The van der Waals surface area contributed by atoms with Crippen molar-refractivity contribution in [2.24, 2.45) is 0 Å². The minimum atomic E-state index is -2.06. The molecule has 0 spiro atoms. The molecule has 0 aromatic rings. The van der Waals surface area contributed by atoms with Gasteiger partial charge in [0.1, 0.15) is 5.78 Å². The Morgan fingerprint density at radius 1 is 1.58 bits per heavy atom. The first kappa shape index (κ1) is 15.5. The van der Waals surface area contributed by atoms with Crippen LogP contribution in [0.25, 0.3) is 0 Å². The summed E-state index contributed by atoms with van der Waals surface area (Å²) < 4.78 is 0. The SMILES string of the molecule is CCCCC(C(C)=O)P(O)O.[H-].[Na+]. The van der Waals surface area contributed by atoms with Crippen molar-refractivity contribution in [2.45, 2.75) is 38.8 Å². The third-order valence-corrected chi connectivity index (χ3v) is 2.76. The summed E-state index contributed by atoms with van der Waals surface area (Å²) in [6.07, 6.45) is 2.46. The second-order valence-corrected chi connectivity index (χ2v) is 3.85. The molecule has 0 aromatic carbocycles. The van der Waals surface area contributed by atoms with Crippen molar-refractivity contribution in [1.82, 2.24) is 0 Å². The number of hydrogen-bond acceptors (Lipinski definition) is 3. The summed E-state index contributed by atoms with van der Waals surface area (Å²) in [6.45, 7) is 3.41. The summed E-state index contributed by atoms with van der Waals surface area (Å²) >= 11 is 0. The number of carbonyl (C=O) groups excluding carboxylic acids is 1. The molecule has 0 bridgehead atoms. The fourth-order valence-corrected chi connectivity index (χ4v) is 1.62. The van der Waals surface area contributed by atoms with Gasteiger partial charge in [-0.1, -0.05) is 19.8 Å². The Hall–Kier alpha value is 1.02. The molecule has 0 saturated heterocycles. The van der Waals surface area contributed by atoms with Gasteiger partial charge in [-0.05, 0) is 13.3 Å². The van der Waals surface area contributed by atoms with Crippen LogP contribution in [0.15, 0.2) is 0 Å². The van der Waals surface area contributed by atoms with Gasteiger partial charge < -0.3 is 11.2 Å². The molecule has 0 amide bonds. The number of rotatable bonds is 5. The number of ketones is 1. The predicted molar refractivity (Wildman–Crippen MR) is 46.5 cm³/mol. The van der Waals surface area contributed by atoms with Crippen LogP contribution >= 0.6 is 8.38 Å². The molecule has 12 heavy (non-hydrogen) atoms. The molecule has 0 saturated carbocycles. The minimum Gasteiger partial charge on any atom is -1.00 e. The van der Waals surface area contributed by atoms with Crippen LogP contribution in [0.5, 0.6) is 0 Å². The fourth-order valence-electron chi connectivity index (χ4n) is 0.879. The Bertz CT molecular complexity index is 135. The van der Waals surface area contributed by atoms with Crippen molar-refractivity contribution >= 4 is 14.2 Å². The van der Waals surface area contributed by atoms with Gasteiger partial charge in [0.2, 0.25) is 0 Å². The topological polar surface area (TPSA) is 57.5 Å². The van der Waals surface area contributed by atoms with Gasteiger partial charge in [-0.15, -0.1) is 0 Å². The molecule has 0 rings (SSSR count). The maximum absolute atomic E-state index is 10.8. The second kappa shape index (κ2) is 8.61. The van der Waals surface area contributed by atoms with Gasteiger partial charge in [0.05, 0.1) is 5.66 Å². The summed E-state index contributed by atoms with van der Waals surface area (Å²) in [5.41, 5.74) is -0.523. The van der Waals surface area contributed by atoms with Crippen LogP contribution in [0.1, 0.15) is 34.5 Å². The van der Waals surface area contributed by atoms with Crippen LogP contribution in [0.3, 0.4) is 0 Å². The molecular formula is C7H16NaO3P. The first-order valence-corrected chi connectivity index (χ1v) is 5.08. The van der Waals surface area contributed by atoms with E-state index in [0.717, 1.165) is 12.8 Å². The molecule has 0 heterocycles. The average Bonchev–Trinajstić information content (AvgIpc) is 1.87. The van der Waals surface area contributed by atoms with E-state index in [9.17, 15) is 4.79 Å². The molecule has 1 unspecified atom stereocenters. The maximum Gasteiger partial charge on any atom is 1.00 e. The van der Waals surface area contributed by atoms with Gasteiger partial charge in [0, 0.05) is 0 Å². The van der Waals surface area contributed by atoms with Crippen LogP contribution in [0, 0.1) is 0 Å². The maximum atomic E-state index is 10.8. The Labute approximate surface area is 98.3 Å². The van der Waals surface area contributed by atoms with Gasteiger partial charge in [-0.25, -0.2) is 0 Å². The molecule has 0 aliphatic rings. The molecule has 2 N–H and O–H groups in total. The summed E-state index contributed by atoms with van der Waals surface area (Å²) in [4.78, 5) is 28.4. The van der Waals surface area contributed by atoms with Gasteiger partial charge >= 0.3 is 29.6 Å². The van der Waals surface area contributed by atoms with E-state index < -0.39 is 14.0 Å². The van der Waals surface area contributed by atoms with Crippen LogP contribution in [0.2, 0.25) is 0 Å². The van der Waals surface area contributed by atoms with Crippen molar-refractivity contribution in [2.75, 3.05) is 0 Å². The van der Waals surface area contributed by atoms with E-state index in [2.05, 4.69) is 0 Å². The van der Waals surface area contributed by atoms with Gasteiger partial charge in [0.25, 0.3) is 0 Å². The minimum absolute atomic E-state index is 0. The summed E-state index contributed by atoms with van der Waals surface area (Å²) in [5, 5.41) is 0. The zero-order chi connectivity index (χ0) is 8.85. The van der Waals surface area contributed by atoms with E-state index in [1.165, 1.54) is 6.92 Å². The molecule has 68 valence electrons. The third kappa shape index (κ3) is 6.53.